The second-order valence-electron chi connectivity index (χ2n) is 4.32. The summed E-state index contributed by atoms with van der Waals surface area (Å²) in [5.74, 6) is -1.50. The molecule has 1 aromatic carbocycles. The Labute approximate surface area is 110 Å². The van der Waals surface area contributed by atoms with Gasteiger partial charge < -0.3 is 14.8 Å². The van der Waals surface area contributed by atoms with Crippen molar-refractivity contribution < 1.29 is 19.4 Å². The van der Waals surface area contributed by atoms with E-state index < -0.39 is 11.9 Å². The van der Waals surface area contributed by atoms with Crippen LogP contribution in [0.4, 0.5) is 0 Å². The van der Waals surface area contributed by atoms with Crippen molar-refractivity contribution >= 4 is 22.8 Å². The number of fused-ring (bicyclic) bond motifs is 1. The lowest BCUT2D eigenvalue weighted by Crippen LogP contribution is -2.10. The number of carbonyl (C=O) groups is 2. The normalized spacial score (nSPS) is 10.6. The number of aromatic amines is 1. The summed E-state index contributed by atoms with van der Waals surface area (Å²) in [4.78, 5) is 25.8. The van der Waals surface area contributed by atoms with Crippen LogP contribution in [0.2, 0.25) is 0 Å². The lowest BCUT2D eigenvalue weighted by Gasteiger charge is -2.02. The molecule has 0 aliphatic rings. The predicted molar refractivity (Wildman–Crippen MR) is 70.3 cm³/mol. The Morgan fingerprint density at radius 1 is 1.37 bits per heavy atom. The summed E-state index contributed by atoms with van der Waals surface area (Å²) in [6.07, 6.45) is -0.211. The van der Waals surface area contributed by atoms with Crippen molar-refractivity contribution in [1.82, 2.24) is 4.98 Å². The van der Waals surface area contributed by atoms with E-state index in [4.69, 9.17) is 9.84 Å². The van der Waals surface area contributed by atoms with Gasteiger partial charge in [-0.25, -0.2) is 4.79 Å². The number of H-pyrrole nitrogens is 1. The quantitative estimate of drug-likeness (QED) is 0.827. The number of rotatable bonds is 4. The topological polar surface area (TPSA) is 79.4 Å². The molecular formula is C14H15NO4. The zero-order valence-corrected chi connectivity index (χ0v) is 10.8. The summed E-state index contributed by atoms with van der Waals surface area (Å²) in [6, 6.07) is 5.60. The highest BCUT2D eigenvalue weighted by Crippen LogP contribution is 2.25. The van der Waals surface area contributed by atoms with Gasteiger partial charge in [0.15, 0.2) is 0 Å². The maximum Gasteiger partial charge on any atom is 0.355 e. The van der Waals surface area contributed by atoms with E-state index in [-0.39, 0.29) is 18.7 Å². The van der Waals surface area contributed by atoms with Gasteiger partial charge in [0.1, 0.15) is 5.69 Å². The molecule has 2 rings (SSSR count). The van der Waals surface area contributed by atoms with Crippen LogP contribution in [0.25, 0.3) is 10.9 Å². The third kappa shape index (κ3) is 2.59. The van der Waals surface area contributed by atoms with Crippen LogP contribution < -0.4 is 0 Å². The van der Waals surface area contributed by atoms with Gasteiger partial charge in [-0.3, -0.25) is 4.79 Å². The van der Waals surface area contributed by atoms with E-state index in [9.17, 15) is 9.59 Å². The van der Waals surface area contributed by atoms with Gasteiger partial charge in [-0.2, -0.15) is 0 Å². The fourth-order valence-electron chi connectivity index (χ4n) is 2.07. The first kappa shape index (κ1) is 13.1. The minimum atomic E-state index is -0.979. The SMILES string of the molecule is CCOC(=O)c1[nH]c2ccc(C)cc2c1CC(=O)O. The zero-order valence-electron chi connectivity index (χ0n) is 10.8. The number of aromatic nitrogens is 1. The van der Waals surface area contributed by atoms with Gasteiger partial charge in [0.2, 0.25) is 0 Å². The lowest BCUT2D eigenvalue weighted by atomic mass is 10.1. The smallest absolute Gasteiger partial charge is 0.355 e. The number of carboxylic acid groups (broad SMARTS) is 1. The van der Waals surface area contributed by atoms with Gasteiger partial charge in [0.05, 0.1) is 13.0 Å². The maximum atomic E-state index is 11.9. The van der Waals surface area contributed by atoms with E-state index in [1.807, 2.05) is 25.1 Å². The number of carboxylic acids is 1. The summed E-state index contributed by atoms with van der Waals surface area (Å²) < 4.78 is 4.95. The number of aliphatic carboxylic acids is 1. The highest BCUT2D eigenvalue weighted by Gasteiger charge is 2.20. The molecule has 0 aliphatic carbocycles. The predicted octanol–water partition coefficient (Wildman–Crippen LogP) is 2.28. The van der Waals surface area contributed by atoms with Crippen molar-refractivity contribution in [3.8, 4) is 0 Å². The molecule has 2 aromatic rings. The monoisotopic (exact) mass is 261 g/mol. The Kier molecular flexibility index (Phi) is 3.55. The van der Waals surface area contributed by atoms with E-state index >= 15 is 0 Å². The number of ether oxygens (including phenoxy) is 1. The van der Waals surface area contributed by atoms with Crippen molar-refractivity contribution in [1.29, 1.82) is 0 Å². The molecule has 0 saturated carbocycles. The molecule has 0 radical (unpaired) electrons. The summed E-state index contributed by atoms with van der Waals surface area (Å²) in [5.41, 5.74) is 2.45. The Morgan fingerprint density at radius 2 is 2.11 bits per heavy atom. The number of nitrogens with one attached hydrogen (secondary N) is 1. The molecule has 0 fully saturated rings. The van der Waals surface area contributed by atoms with Gasteiger partial charge in [-0.15, -0.1) is 0 Å². The largest absolute Gasteiger partial charge is 0.481 e. The van der Waals surface area contributed by atoms with Crippen molar-refractivity contribution in [2.45, 2.75) is 20.3 Å². The molecule has 100 valence electrons. The average Bonchev–Trinajstić information content (AvgIpc) is 2.67. The van der Waals surface area contributed by atoms with E-state index in [1.54, 1.807) is 6.92 Å². The van der Waals surface area contributed by atoms with Crippen molar-refractivity contribution in [2.75, 3.05) is 6.61 Å². The molecule has 5 heteroatoms. The van der Waals surface area contributed by atoms with Crippen LogP contribution in [0.15, 0.2) is 18.2 Å². The third-order valence-electron chi connectivity index (χ3n) is 2.87. The number of esters is 1. The lowest BCUT2D eigenvalue weighted by molar-refractivity contribution is -0.136. The highest BCUT2D eigenvalue weighted by atomic mass is 16.5. The zero-order chi connectivity index (χ0) is 14.0. The Hall–Kier alpha value is -2.30. The average molecular weight is 261 g/mol. The molecule has 1 aromatic heterocycles. The molecule has 1 heterocycles. The first-order valence-electron chi connectivity index (χ1n) is 6.03. The summed E-state index contributed by atoms with van der Waals surface area (Å²) >= 11 is 0. The first-order chi connectivity index (χ1) is 9.02. The van der Waals surface area contributed by atoms with Gasteiger partial charge in [0.25, 0.3) is 0 Å². The van der Waals surface area contributed by atoms with E-state index in [2.05, 4.69) is 4.98 Å². The molecule has 0 saturated heterocycles. The van der Waals surface area contributed by atoms with Crippen LogP contribution >= 0.6 is 0 Å². The number of hydrogen-bond acceptors (Lipinski definition) is 3. The van der Waals surface area contributed by atoms with Crippen LogP contribution in [0.1, 0.15) is 28.5 Å². The van der Waals surface area contributed by atoms with Crippen LogP contribution in [0, 0.1) is 6.92 Å². The maximum absolute atomic E-state index is 11.9. The highest BCUT2D eigenvalue weighted by molar-refractivity contribution is 6.00. The first-order valence-corrected chi connectivity index (χ1v) is 6.03. The second-order valence-corrected chi connectivity index (χ2v) is 4.32. The van der Waals surface area contributed by atoms with Crippen LogP contribution in [0.5, 0.6) is 0 Å². The van der Waals surface area contributed by atoms with Gasteiger partial charge in [-0.05, 0) is 26.0 Å². The number of aryl methyl sites for hydroxylation is 1. The van der Waals surface area contributed by atoms with Crippen LogP contribution in [0.3, 0.4) is 0 Å². The summed E-state index contributed by atoms with van der Waals surface area (Å²) in [7, 11) is 0. The minimum Gasteiger partial charge on any atom is -0.481 e. The summed E-state index contributed by atoms with van der Waals surface area (Å²) in [6.45, 7) is 3.88. The standard InChI is InChI=1S/C14H15NO4/c1-3-19-14(18)13-10(7-12(16)17)9-6-8(2)4-5-11(9)15-13/h4-6,15H,3,7H2,1-2H3,(H,16,17). The molecule has 0 unspecified atom stereocenters. The van der Waals surface area contributed by atoms with E-state index in [1.165, 1.54) is 0 Å². The molecule has 19 heavy (non-hydrogen) atoms. The van der Waals surface area contributed by atoms with E-state index in [0.717, 1.165) is 16.5 Å². The Bertz CT molecular complexity index is 642. The molecule has 5 nitrogen and oxygen atoms in total. The molecule has 0 aliphatic heterocycles. The van der Waals surface area contributed by atoms with Gasteiger partial charge in [-0.1, -0.05) is 11.6 Å². The molecule has 0 spiro atoms. The van der Waals surface area contributed by atoms with Crippen molar-refractivity contribution in [2.24, 2.45) is 0 Å². The van der Waals surface area contributed by atoms with Crippen molar-refractivity contribution in [3.63, 3.8) is 0 Å². The Morgan fingerprint density at radius 3 is 2.74 bits per heavy atom. The summed E-state index contributed by atoms with van der Waals surface area (Å²) in [5, 5.41) is 9.74. The van der Waals surface area contributed by atoms with Crippen LogP contribution in [-0.4, -0.2) is 28.6 Å². The van der Waals surface area contributed by atoms with Gasteiger partial charge >= 0.3 is 11.9 Å². The minimum absolute atomic E-state index is 0.211. The molecule has 0 atom stereocenters. The second kappa shape index (κ2) is 5.14. The van der Waals surface area contributed by atoms with E-state index in [0.29, 0.717) is 5.56 Å². The fraction of sp³-hybridized carbons (Fsp3) is 0.286. The third-order valence-corrected chi connectivity index (χ3v) is 2.87. The van der Waals surface area contributed by atoms with Crippen LogP contribution in [-0.2, 0) is 16.0 Å². The molecule has 0 amide bonds. The Balaban J connectivity index is 2.61. The number of benzene rings is 1. The number of carbonyl (C=O) groups excluding carboxylic acids is 1. The number of hydrogen-bond donors (Lipinski definition) is 2. The van der Waals surface area contributed by atoms with Gasteiger partial charge in [0, 0.05) is 16.5 Å². The molecular weight excluding hydrogens is 246 g/mol. The molecule has 0 bridgehead atoms. The molecule has 2 N–H and O–H groups in total. The van der Waals surface area contributed by atoms with Crippen molar-refractivity contribution in [3.05, 3.63) is 35.0 Å². The fourth-order valence-corrected chi connectivity index (χ4v) is 2.07.